The quantitative estimate of drug-likeness (QED) is 0.456. The smallest absolute Gasteiger partial charge is 0.475 e. The first-order chi connectivity index (χ1) is 17.5. The molecule has 0 radical (unpaired) electrons. The first kappa shape index (κ1) is 27.8. The number of fused-ring (bicyclic) bond motifs is 1. The highest BCUT2D eigenvalue weighted by atomic mass is 19.4. The number of nitrogens with two attached hydrogens (primary N) is 1. The highest BCUT2D eigenvalue weighted by Crippen LogP contribution is 2.25. The molecule has 9 nitrogen and oxygen atoms in total. The van der Waals surface area contributed by atoms with Crippen molar-refractivity contribution in [3.63, 3.8) is 0 Å². The van der Waals surface area contributed by atoms with Gasteiger partial charge in [-0.05, 0) is 24.1 Å². The molecule has 1 fully saturated rings. The van der Waals surface area contributed by atoms with E-state index in [4.69, 9.17) is 20.6 Å². The molecule has 2 heterocycles. The molecular weight excluding hydrogens is 491 g/mol. The van der Waals surface area contributed by atoms with Gasteiger partial charge in [-0.25, -0.2) is 9.78 Å². The molecule has 3 aromatic rings. The van der Waals surface area contributed by atoms with E-state index in [1.807, 2.05) is 54.6 Å². The molecule has 198 valence electrons. The number of halogens is 3. The summed E-state index contributed by atoms with van der Waals surface area (Å²) in [6.07, 6.45) is -4.31. The lowest BCUT2D eigenvalue weighted by atomic mass is 10.1. The summed E-state index contributed by atoms with van der Waals surface area (Å²) in [6.45, 7) is 4.47. The molecule has 1 saturated heterocycles. The van der Waals surface area contributed by atoms with Crippen molar-refractivity contribution < 1.29 is 27.9 Å². The number of amides is 1. The number of nitrogens with zero attached hydrogens (tertiary/aromatic N) is 3. The number of aromatic nitrogens is 2. The zero-order valence-electron chi connectivity index (χ0n) is 20.1. The Kier molecular flexibility index (Phi) is 9.00. The van der Waals surface area contributed by atoms with Gasteiger partial charge < -0.3 is 16.2 Å². The fourth-order valence-electron chi connectivity index (χ4n) is 4.21. The molecule has 0 aliphatic carbocycles. The Morgan fingerprint density at radius 1 is 1.16 bits per heavy atom. The lowest BCUT2D eigenvalue weighted by molar-refractivity contribution is -0.192. The Morgan fingerprint density at radius 2 is 1.78 bits per heavy atom. The summed E-state index contributed by atoms with van der Waals surface area (Å²) >= 11 is 0. The maximum absolute atomic E-state index is 13.4. The Labute approximate surface area is 210 Å². The maximum Gasteiger partial charge on any atom is 0.490 e. The SMILES string of the molecule is CCC(c1nc2ccccc2c(=O)n1Cc1ccccc1)N1CCNC(C(N)=O)C1.O=C(O)C(F)(F)F. The van der Waals surface area contributed by atoms with Gasteiger partial charge in [-0.3, -0.25) is 19.1 Å². The van der Waals surface area contributed by atoms with Crippen LogP contribution in [0.25, 0.3) is 10.9 Å². The summed E-state index contributed by atoms with van der Waals surface area (Å²) in [5, 5.41) is 10.9. The van der Waals surface area contributed by atoms with E-state index in [2.05, 4.69) is 17.1 Å². The maximum atomic E-state index is 13.4. The molecule has 2 atom stereocenters. The van der Waals surface area contributed by atoms with Gasteiger partial charge in [0.05, 0.1) is 29.5 Å². The zero-order valence-corrected chi connectivity index (χ0v) is 20.1. The summed E-state index contributed by atoms with van der Waals surface area (Å²) in [4.78, 5) is 41.2. The van der Waals surface area contributed by atoms with E-state index in [1.165, 1.54) is 0 Å². The van der Waals surface area contributed by atoms with Gasteiger partial charge in [0.1, 0.15) is 5.82 Å². The number of carboxylic acids is 1. The minimum Gasteiger partial charge on any atom is -0.475 e. The van der Waals surface area contributed by atoms with Crippen LogP contribution in [-0.2, 0) is 16.1 Å². The van der Waals surface area contributed by atoms with Crippen LogP contribution in [0.1, 0.15) is 30.8 Å². The number of hydrogen-bond donors (Lipinski definition) is 3. The average molecular weight is 520 g/mol. The second-order valence-electron chi connectivity index (χ2n) is 8.50. The number of benzene rings is 2. The van der Waals surface area contributed by atoms with E-state index in [1.54, 1.807) is 4.57 Å². The standard InChI is InChI=1S/C23H27N5O2.C2HF3O2/c1-2-20(27-13-12-25-19(15-27)21(24)29)22-26-18-11-7-6-10-17(18)23(30)28(22)14-16-8-4-3-5-9-16;3-2(4,5)1(6)7/h3-11,19-20,25H,2,12-15H2,1H3,(H2,24,29);(H,6,7). The van der Waals surface area contributed by atoms with Crippen molar-refractivity contribution in [2.24, 2.45) is 5.73 Å². The number of carbonyl (C=O) groups is 2. The normalized spacial score (nSPS) is 17.0. The molecule has 37 heavy (non-hydrogen) atoms. The van der Waals surface area contributed by atoms with E-state index < -0.39 is 18.2 Å². The number of aliphatic carboxylic acids is 1. The Morgan fingerprint density at radius 3 is 2.38 bits per heavy atom. The largest absolute Gasteiger partial charge is 0.490 e. The fraction of sp³-hybridized carbons (Fsp3) is 0.360. The molecule has 0 saturated carbocycles. The molecular formula is C25H28F3N5O4. The number of primary amides is 1. The molecule has 1 aromatic heterocycles. The summed E-state index contributed by atoms with van der Waals surface area (Å²) in [7, 11) is 0. The zero-order chi connectivity index (χ0) is 27.2. The predicted molar refractivity (Wildman–Crippen MR) is 131 cm³/mol. The van der Waals surface area contributed by atoms with Crippen LogP contribution >= 0.6 is 0 Å². The average Bonchev–Trinajstić information content (AvgIpc) is 2.87. The van der Waals surface area contributed by atoms with Crippen molar-refractivity contribution in [3.05, 3.63) is 76.3 Å². The second kappa shape index (κ2) is 12.0. The first-order valence-electron chi connectivity index (χ1n) is 11.6. The summed E-state index contributed by atoms with van der Waals surface area (Å²) < 4.78 is 33.5. The highest BCUT2D eigenvalue weighted by Gasteiger charge is 2.38. The van der Waals surface area contributed by atoms with Crippen LogP contribution in [0.2, 0.25) is 0 Å². The Balaban J connectivity index is 0.000000479. The van der Waals surface area contributed by atoms with Gasteiger partial charge in [-0.15, -0.1) is 0 Å². The van der Waals surface area contributed by atoms with E-state index in [9.17, 15) is 22.8 Å². The molecule has 1 amide bonds. The van der Waals surface area contributed by atoms with Gasteiger partial charge in [0.15, 0.2) is 0 Å². The van der Waals surface area contributed by atoms with Gasteiger partial charge in [-0.2, -0.15) is 13.2 Å². The van der Waals surface area contributed by atoms with Crippen LogP contribution < -0.4 is 16.6 Å². The van der Waals surface area contributed by atoms with Crippen molar-refractivity contribution in [2.75, 3.05) is 19.6 Å². The Hall–Kier alpha value is -3.77. The molecule has 0 spiro atoms. The van der Waals surface area contributed by atoms with E-state index in [-0.39, 0.29) is 17.5 Å². The van der Waals surface area contributed by atoms with Gasteiger partial charge in [-0.1, -0.05) is 49.4 Å². The fourth-order valence-corrected chi connectivity index (χ4v) is 4.21. The minimum atomic E-state index is -5.08. The van der Waals surface area contributed by atoms with Crippen molar-refractivity contribution in [1.29, 1.82) is 0 Å². The van der Waals surface area contributed by atoms with E-state index in [0.717, 1.165) is 24.4 Å². The van der Waals surface area contributed by atoms with Gasteiger partial charge in [0, 0.05) is 19.6 Å². The predicted octanol–water partition coefficient (Wildman–Crippen LogP) is 2.29. The number of carbonyl (C=O) groups excluding carboxylic acids is 1. The van der Waals surface area contributed by atoms with Crippen LogP contribution in [0.3, 0.4) is 0 Å². The van der Waals surface area contributed by atoms with Crippen molar-refractivity contribution in [2.45, 2.75) is 38.1 Å². The second-order valence-corrected chi connectivity index (χ2v) is 8.50. The van der Waals surface area contributed by atoms with Crippen LogP contribution in [0.5, 0.6) is 0 Å². The van der Waals surface area contributed by atoms with Gasteiger partial charge in [0.2, 0.25) is 5.91 Å². The number of rotatable bonds is 6. The van der Waals surface area contributed by atoms with Crippen LogP contribution in [0, 0.1) is 0 Å². The van der Waals surface area contributed by atoms with Crippen LogP contribution in [0.4, 0.5) is 13.2 Å². The van der Waals surface area contributed by atoms with E-state index in [0.29, 0.717) is 30.5 Å². The third-order valence-electron chi connectivity index (χ3n) is 5.99. The topological polar surface area (TPSA) is 131 Å². The molecule has 0 bridgehead atoms. The van der Waals surface area contributed by atoms with Crippen LogP contribution in [-0.4, -0.2) is 63.3 Å². The van der Waals surface area contributed by atoms with Gasteiger partial charge >= 0.3 is 12.1 Å². The third-order valence-corrected chi connectivity index (χ3v) is 5.99. The number of para-hydroxylation sites is 1. The number of carboxylic acid groups (broad SMARTS) is 1. The molecule has 4 N–H and O–H groups in total. The summed E-state index contributed by atoms with van der Waals surface area (Å²) in [5.74, 6) is -2.38. The number of piperazine rings is 1. The van der Waals surface area contributed by atoms with Crippen molar-refractivity contribution in [3.8, 4) is 0 Å². The molecule has 2 unspecified atom stereocenters. The molecule has 4 rings (SSSR count). The number of alkyl halides is 3. The molecule has 12 heteroatoms. The summed E-state index contributed by atoms with van der Waals surface area (Å²) in [6, 6.07) is 16.9. The summed E-state index contributed by atoms with van der Waals surface area (Å²) in [5.41, 5.74) is 7.24. The monoisotopic (exact) mass is 519 g/mol. The molecule has 1 aliphatic heterocycles. The lowest BCUT2D eigenvalue weighted by Crippen LogP contribution is -2.57. The van der Waals surface area contributed by atoms with Gasteiger partial charge in [0.25, 0.3) is 5.56 Å². The minimum absolute atomic E-state index is 0.0421. The Bertz CT molecular complexity index is 1300. The first-order valence-corrected chi connectivity index (χ1v) is 11.6. The van der Waals surface area contributed by atoms with E-state index >= 15 is 0 Å². The number of nitrogens with one attached hydrogen (secondary N) is 1. The molecule has 1 aliphatic rings. The lowest BCUT2D eigenvalue weighted by Gasteiger charge is -2.37. The highest BCUT2D eigenvalue weighted by molar-refractivity contribution is 5.80. The third kappa shape index (κ3) is 6.92. The molecule has 2 aromatic carbocycles. The van der Waals surface area contributed by atoms with Crippen molar-refractivity contribution >= 4 is 22.8 Å². The van der Waals surface area contributed by atoms with Crippen LogP contribution in [0.15, 0.2) is 59.4 Å². The van der Waals surface area contributed by atoms with Crippen molar-refractivity contribution in [1.82, 2.24) is 19.8 Å². The number of hydrogen-bond acceptors (Lipinski definition) is 6.